The van der Waals surface area contributed by atoms with Crippen LogP contribution in [0.25, 0.3) is 15.5 Å². The number of amides is 1. The number of hydrogen-bond donors (Lipinski definition) is 0. The summed E-state index contributed by atoms with van der Waals surface area (Å²) in [4.78, 5) is 34.5. The zero-order chi connectivity index (χ0) is 24.5. The summed E-state index contributed by atoms with van der Waals surface area (Å²) in [5.74, 6) is 1.28. The highest BCUT2D eigenvalue weighted by atomic mass is 32.1. The molecular weight excluding hydrogens is 462 g/mol. The number of hydrogen-bond acceptors (Lipinski definition) is 7. The number of aryl methyl sites for hydroxylation is 3. The third-order valence-electron chi connectivity index (χ3n) is 6.29. The second-order valence-electron chi connectivity index (χ2n) is 8.83. The number of carbonyl (C=O) groups is 1. The molecule has 1 fully saturated rings. The Kier molecular flexibility index (Phi) is 6.25. The summed E-state index contributed by atoms with van der Waals surface area (Å²) in [6.07, 6.45) is 0. The van der Waals surface area contributed by atoms with Gasteiger partial charge < -0.3 is 14.5 Å². The third-order valence-corrected chi connectivity index (χ3v) is 7.25. The Morgan fingerprint density at radius 1 is 1.00 bits per heavy atom. The average Bonchev–Trinajstić information content (AvgIpc) is 3.30. The first-order valence-electron chi connectivity index (χ1n) is 11.6. The van der Waals surface area contributed by atoms with Crippen LogP contribution >= 0.6 is 11.3 Å². The van der Waals surface area contributed by atoms with E-state index in [9.17, 15) is 9.59 Å². The highest BCUT2D eigenvalue weighted by molar-refractivity contribution is 7.19. The number of fused-ring (bicyclic) bond motifs is 1. The van der Waals surface area contributed by atoms with Gasteiger partial charge in [-0.25, -0.2) is 4.98 Å². The number of aromatic nitrogens is 3. The van der Waals surface area contributed by atoms with Gasteiger partial charge in [0.25, 0.3) is 11.5 Å². The van der Waals surface area contributed by atoms with Crippen LogP contribution in [0.4, 0.5) is 5.82 Å². The monoisotopic (exact) mass is 489 g/mol. The lowest BCUT2D eigenvalue weighted by molar-refractivity contribution is -0.133. The molecule has 0 saturated carbocycles. The van der Waals surface area contributed by atoms with E-state index in [4.69, 9.17) is 9.72 Å². The van der Waals surface area contributed by atoms with Crippen LogP contribution in [0.15, 0.2) is 53.3 Å². The summed E-state index contributed by atoms with van der Waals surface area (Å²) < 4.78 is 7.07. The lowest BCUT2D eigenvalue weighted by Gasteiger charge is -2.35. The molecule has 180 valence electrons. The largest absolute Gasteiger partial charge is 0.484 e. The first kappa shape index (κ1) is 23.0. The smallest absolute Gasteiger partial charge is 0.277 e. The number of ether oxygens (including phenoxy) is 1. The van der Waals surface area contributed by atoms with Crippen LogP contribution in [-0.4, -0.2) is 58.2 Å². The molecule has 0 spiro atoms. The Morgan fingerprint density at radius 3 is 2.54 bits per heavy atom. The Morgan fingerprint density at radius 2 is 1.80 bits per heavy atom. The van der Waals surface area contributed by atoms with Gasteiger partial charge in [-0.15, -0.1) is 0 Å². The van der Waals surface area contributed by atoms with Crippen molar-refractivity contribution in [3.05, 3.63) is 75.6 Å². The van der Waals surface area contributed by atoms with Crippen molar-refractivity contribution in [2.24, 2.45) is 0 Å². The van der Waals surface area contributed by atoms with E-state index in [1.807, 2.05) is 68.1 Å². The molecule has 4 aromatic rings. The van der Waals surface area contributed by atoms with Crippen LogP contribution in [0.2, 0.25) is 0 Å². The van der Waals surface area contributed by atoms with E-state index in [-0.39, 0.29) is 18.1 Å². The molecule has 2 aromatic carbocycles. The Bertz CT molecular complexity index is 1450. The summed E-state index contributed by atoms with van der Waals surface area (Å²) in [5, 5.41) is 5.23. The van der Waals surface area contributed by atoms with E-state index < -0.39 is 0 Å². The van der Waals surface area contributed by atoms with Gasteiger partial charge in [-0.1, -0.05) is 41.2 Å². The van der Waals surface area contributed by atoms with E-state index in [0.29, 0.717) is 42.7 Å². The van der Waals surface area contributed by atoms with Gasteiger partial charge in [0, 0.05) is 37.8 Å². The lowest BCUT2D eigenvalue weighted by Crippen LogP contribution is -2.50. The second-order valence-corrected chi connectivity index (χ2v) is 9.78. The molecule has 8 nitrogen and oxygen atoms in total. The number of carbonyl (C=O) groups excluding carboxylic acids is 1. The van der Waals surface area contributed by atoms with E-state index in [1.54, 1.807) is 4.90 Å². The SMILES string of the molecule is Cc1cccc(-c2nn3c(=O)cc(N4CCN(C(=O)COc5ccc(C)c(C)c5)CC4)nc3s2)c1. The predicted molar refractivity (Wildman–Crippen MR) is 138 cm³/mol. The molecule has 9 heteroatoms. The van der Waals surface area contributed by atoms with Crippen LogP contribution < -0.4 is 15.2 Å². The minimum Gasteiger partial charge on any atom is -0.484 e. The van der Waals surface area contributed by atoms with E-state index in [1.165, 1.54) is 27.5 Å². The highest BCUT2D eigenvalue weighted by Crippen LogP contribution is 2.26. The highest BCUT2D eigenvalue weighted by Gasteiger charge is 2.23. The maximum atomic E-state index is 12.8. The van der Waals surface area contributed by atoms with Gasteiger partial charge >= 0.3 is 0 Å². The fourth-order valence-corrected chi connectivity index (χ4v) is 4.98. The van der Waals surface area contributed by atoms with Gasteiger partial charge in [0.15, 0.2) is 6.61 Å². The standard InChI is InChI=1S/C26H27N5O3S/c1-17-5-4-6-20(13-17)25-28-31-23(32)15-22(27-26(31)35-25)29-9-11-30(12-10-29)24(33)16-34-21-8-7-18(2)19(3)14-21/h4-8,13-15H,9-12,16H2,1-3H3. The van der Waals surface area contributed by atoms with Crippen LogP contribution in [0.3, 0.4) is 0 Å². The first-order chi connectivity index (χ1) is 16.9. The molecule has 35 heavy (non-hydrogen) atoms. The summed E-state index contributed by atoms with van der Waals surface area (Å²) in [6.45, 7) is 8.40. The zero-order valence-electron chi connectivity index (χ0n) is 20.0. The summed E-state index contributed by atoms with van der Waals surface area (Å²) in [6, 6.07) is 15.4. The van der Waals surface area contributed by atoms with Crippen molar-refractivity contribution in [1.82, 2.24) is 19.5 Å². The Labute approximate surface area is 207 Å². The fourth-order valence-electron chi connectivity index (χ4n) is 4.08. The maximum Gasteiger partial charge on any atom is 0.277 e. The number of nitrogens with zero attached hydrogens (tertiary/aromatic N) is 5. The predicted octanol–water partition coefficient (Wildman–Crippen LogP) is 3.47. The van der Waals surface area contributed by atoms with E-state index in [0.717, 1.165) is 21.7 Å². The zero-order valence-corrected chi connectivity index (χ0v) is 20.8. The summed E-state index contributed by atoms with van der Waals surface area (Å²) in [5.41, 5.74) is 4.22. The Hall–Kier alpha value is -3.72. The molecule has 1 saturated heterocycles. The quantitative estimate of drug-likeness (QED) is 0.427. The normalized spacial score (nSPS) is 13.9. The van der Waals surface area contributed by atoms with Gasteiger partial charge in [-0.05, 0) is 50.1 Å². The molecule has 1 aliphatic heterocycles. The molecular formula is C26H27N5O3S. The van der Waals surface area contributed by atoms with Crippen molar-refractivity contribution >= 4 is 28.0 Å². The molecule has 0 radical (unpaired) electrons. The minimum atomic E-state index is -0.208. The molecule has 0 unspecified atom stereocenters. The van der Waals surface area contributed by atoms with Crippen LogP contribution in [0, 0.1) is 20.8 Å². The molecule has 0 bridgehead atoms. The van der Waals surface area contributed by atoms with Crippen LogP contribution in [-0.2, 0) is 4.79 Å². The molecule has 5 rings (SSSR count). The molecule has 0 N–H and O–H groups in total. The number of anilines is 1. The second kappa shape index (κ2) is 9.50. The van der Waals surface area contributed by atoms with Crippen molar-refractivity contribution in [2.75, 3.05) is 37.7 Å². The molecule has 3 heterocycles. The maximum absolute atomic E-state index is 12.8. The van der Waals surface area contributed by atoms with E-state index >= 15 is 0 Å². The molecule has 0 aliphatic carbocycles. The molecule has 0 atom stereocenters. The van der Waals surface area contributed by atoms with Gasteiger partial charge in [0.2, 0.25) is 4.96 Å². The summed E-state index contributed by atoms with van der Waals surface area (Å²) in [7, 11) is 0. The number of rotatable bonds is 5. The van der Waals surface area contributed by atoms with Crippen molar-refractivity contribution < 1.29 is 9.53 Å². The van der Waals surface area contributed by atoms with Crippen molar-refractivity contribution in [2.45, 2.75) is 20.8 Å². The topological polar surface area (TPSA) is 80.0 Å². The molecule has 2 aromatic heterocycles. The average molecular weight is 490 g/mol. The lowest BCUT2D eigenvalue weighted by atomic mass is 10.1. The Balaban J connectivity index is 1.24. The van der Waals surface area contributed by atoms with Gasteiger partial charge in [0.1, 0.15) is 16.6 Å². The molecule has 1 aliphatic rings. The minimum absolute atomic E-state index is 0.0106. The molecule has 1 amide bonds. The van der Waals surface area contributed by atoms with Crippen molar-refractivity contribution in [3.8, 4) is 16.3 Å². The van der Waals surface area contributed by atoms with Gasteiger partial charge in [0.05, 0.1) is 0 Å². The first-order valence-corrected chi connectivity index (χ1v) is 12.4. The number of piperazine rings is 1. The fraction of sp³-hybridized carbons (Fsp3) is 0.308. The van der Waals surface area contributed by atoms with Crippen molar-refractivity contribution in [1.29, 1.82) is 0 Å². The summed E-state index contributed by atoms with van der Waals surface area (Å²) >= 11 is 1.40. The van der Waals surface area contributed by atoms with E-state index in [2.05, 4.69) is 5.10 Å². The van der Waals surface area contributed by atoms with Crippen LogP contribution in [0.1, 0.15) is 16.7 Å². The van der Waals surface area contributed by atoms with Gasteiger partial charge in [-0.3, -0.25) is 9.59 Å². The number of benzene rings is 2. The third kappa shape index (κ3) is 4.90. The van der Waals surface area contributed by atoms with Crippen molar-refractivity contribution in [3.63, 3.8) is 0 Å². The van der Waals surface area contributed by atoms with Gasteiger partial charge in [-0.2, -0.15) is 9.61 Å². The van der Waals surface area contributed by atoms with Crippen LogP contribution in [0.5, 0.6) is 5.75 Å².